The monoisotopic (exact) mass is 249 g/mol. The summed E-state index contributed by atoms with van der Waals surface area (Å²) in [5.41, 5.74) is 6.95. The smallest absolute Gasteiger partial charge is 0.217 e. The topological polar surface area (TPSA) is 51.4 Å². The zero-order valence-electron chi connectivity index (χ0n) is 11.3. The largest absolute Gasteiger partial charge is 0.481 e. The highest BCUT2D eigenvalue weighted by atomic mass is 16.5. The van der Waals surface area contributed by atoms with Gasteiger partial charge < -0.3 is 10.5 Å². The maximum atomic E-state index is 5.80. The predicted octanol–water partition coefficient (Wildman–Crippen LogP) is 1.65. The third-order valence-corrected chi connectivity index (χ3v) is 3.86. The number of likely N-dealkylation sites (tertiary alicyclic amines) is 1. The third kappa shape index (κ3) is 3.00. The van der Waals surface area contributed by atoms with E-state index >= 15 is 0 Å². The molecule has 0 saturated carbocycles. The van der Waals surface area contributed by atoms with E-state index in [-0.39, 0.29) is 0 Å². The van der Waals surface area contributed by atoms with Crippen LogP contribution in [0.2, 0.25) is 0 Å². The minimum atomic E-state index is 0.609. The summed E-state index contributed by atoms with van der Waals surface area (Å²) in [6, 6.07) is 4.66. The van der Waals surface area contributed by atoms with E-state index in [2.05, 4.69) is 22.9 Å². The summed E-state index contributed by atoms with van der Waals surface area (Å²) in [7, 11) is 1.67. The lowest BCUT2D eigenvalue weighted by atomic mass is 9.93. The van der Waals surface area contributed by atoms with Gasteiger partial charge in [0.25, 0.3) is 0 Å². The Morgan fingerprint density at radius 2 is 2.33 bits per heavy atom. The number of ether oxygens (including phenoxy) is 1. The molecule has 1 aliphatic heterocycles. The van der Waals surface area contributed by atoms with E-state index in [1.54, 1.807) is 13.3 Å². The summed E-state index contributed by atoms with van der Waals surface area (Å²) < 4.78 is 5.31. The van der Waals surface area contributed by atoms with Crippen molar-refractivity contribution in [3.63, 3.8) is 0 Å². The van der Waals surface area contributed by atoms with Gasteiger partial charge in [0.1, 0.15) is 0 Å². The van der Waals surface area contributed by atoms with E-state index in [0.29, 0.717) is 12.0 Å². The van der Waals surface area contributed by atoms with E-state index in [1.807, 2.05) is 6.07 Å². The molecule has 1 aliphatic rings. The molecule has 0 amide bonds. The molecule has 2 rings (SSSR count). The van der Waals surface area contributed by atoms with Gasteiger partial charge >= 0.3 is 0 Å². The lowest BCUT2D eigenvalue weighted by Crippen LogP contribution is -2.43. The Kier molecular flexibility index (Phi) is 4.55. The molecule has 0 spiro atoms. The first kappa shape index (κ1) is 13.3. The molecule has 0 aliphatic carbocycles. The third-order valence-electron chi connectivity index (χ3n) is 3.86. The zero-order chi connectivity index (χ0) is 13.0. The first-order valence-corrected chi connectivity index (χ1v) is 6.66. The lowest BCUT2D eigenvalue weighted by molar-refractivity contribution is 0.112. The quantitative estimate of drug-likeness (QED) is 0.881. The molecular weight excluding hydrogens is 226 g/mol. The molecule has 18 heavy (non-hydrogen) atoms. The van der Waals surface area contributed by atoms with Crippen LogP contribution < -0.4 is 10.5 Å². The highest BCUT2D eigenvalue weighted by Crippen LogP contribution is 2.25. The number of hydrogen-bond acceptors (Lipinski definition) is 4. The molecule has 2 N–H and O–H groups in total. The van der Waals surface area contributed by atoms with Crippen molar-refractivity contribution >= 4 is 0 Å². The fourth-order valence-corrected chi connectivity index (χ4v) is 2.62. The van der Waals surface area contributed by atoms with Gasteiger partial charge in [0.2, 0.25) is 5.88 Å². The second-order valence-corrected chi connectivity index (χ2v) is 5.13. The molecule has 0 bridgehead atoms. The van der Waals surface area contributed by atoms with E-state index in [1.165, 1.54) is 12.8 Å². The van der Waals surface area contributed by atoms with Gasteiger partial charge in [-0.15, -0.1) is 0 Å². The van der Waals surface area contributed by atoms with Crippen molar-refractivity contribution in [2.45, 2.75) is 32.4 Å². The van der Waals surface area contributed by atoms with E-state index < -0.39 is 0 Å². The molecule has 100 valence electrons. The fraction of sp³-hybridized carbons (Fsp3) is 0.643. The van der Waals surface area contributed by atoms with Gasteiger partial charge in [-0.3, -0.25) is 4.90 Å². The number of aromatic nitrogens is 1. The first-order valence-electron chi connectivity index (χ1n) is 6.66. The van der Waals surface area contributed by atoms with Crippen LogP contribution in [0.1, 0.15) is 25.3 Å². The second-order valence-electron chi connectivity index (χ2n) is 5.13. The van der Waals surface area contributed by atoms with E-state index in [9.17, 15) is 0 Å². The Labute approximate surface area is 109 Å². The number of methoxy groups -OCH3 is 1. The van der Waals surface area contributed by atoms with Crippen LogP contribution in [-0.2, 0) is 6.54 Å². The Hall–Kier alpha value is -1.13. The number of rotatable bonds is 4. The van der Waals surface area contributed by atoms with Crippen molar-refractivity contribution in [3.8, 4) is 5.88 Å². The summed E-state index contributed by atoms with van der Waals surface area (Å²) in [6.07, 6.45) is 4.24. The van der Waals surface area contributed by atoms with Gasteiger partial charge in [0.15, 0.2) is 0 Å². The molecule has 4 nitrogen and oxygen atoms in total. The van der Waals surface area contributed by atoms with Crippen molar-refractivity contribution in [3.05, 3.63) is 23.9 Å². The highest BCUT2D eigenvalue weighted by molar-refractivity contribution is 5.25. The van der Waals surface area contributed by atoms with Crippen LogP contribution in [0.15, 0.2) is 18.3 Å². The molecule has 1 saturated heterocycles. The van der Waals surface area contributed by atoms with E-state index in [0.717, 1.165) is 31.1 Å². The second kappa shape index (κ2) is 6.16. The SMILES string of the molecule is COc1ncccc1CN1CC(CN)CCC1C. The van der Waals surface area contributed by atoms with Crippen molar-refractivity contribution in [1.82, 2.24) is 9.88 Å². The number of nitrogens with two attached hydrogens (primary N) is 1. The Morgan fingerprint density at radius 3 is 3.06 bits per heavy atom. The highest BCUT2D eigenvalue weighted by Gasteiger charge is 2.25. The van der Waals surface area contributed by atoms with Crippen LogP contribution in [0.5, 0.6) is 5.88 Å². The van der Waals surface area contributed by atoms with Crippen LogP contribution in [0.3, 0.4) is 0 Å². The molecule has 0 aromatic carbocycles. The Morgan fingerprint density at radius 1 is 1.50 bits per heavy atom. The van der Waals surface area contributed by atoms with Crippen LogP contribution in [0, 0.1) is 5.92 Å². The molecule has 1 aromatic heterocycles. The summed E-state index contributed by atoms with van der Waals surface area (Å²) in [6.45, 7) is 5.05. The minimum absolute atomic E-state index is 0.609. The van der Waals surface area contributed by atoms with Crippen molar-refractivity contribution in [1.29, 1.82) is 0 Å². The Balaban J connectivity index is 2.07. The summed E-state index contributed by atoms with van der Waals surface area (Å²) in [4.78, 5) is 6.74. The van der Waals surface area contributed by atoms with Crippen LogP contribution in [0.4, 0.5) is 0 Å². The zero-order valence-corrected chi connectivity index (χ0v) is 11.3. The molecule has 2 atom stereocenters. The molecule has 2 unspecified atom stereocenters. The summed E-state index contributed by atoms with van der Waals surface area (Å²) in [5, 5.41) is 0. The summed E-state index contributed by atoms with van der Waals surface area (Å²) in [5.74, 6) is 1.36. The fourth-order valence-electron chi connectivity index (χ4n) is 2.62. The molecule has 4 heteroatoms. The predicted molar refractivity (Wildman–Crippen MR) is 72.4 cm³/mol. The number of piperidine rings is 1. The molecular formula is C14H23N3O. The van der Waals surface area contributed by atoms with Gasteiger partial charge in [-0.1, -0.05) is 6.07 Å². The van der Waals surface area contributed by atoms with Gasteiger partial charge in [-0.2, -0.15) is 0 Å². The maximum absolute atomic E-state index is 5.80. The van der Waals surface area contributed by atoms with Gasteiger partial charge in [-0.05, 0) is 38.3 Å². The standard InChI is InChI=1S/C14H23N3O/c1-11-5-6-12(8-15)9-17(11)10-13-4-3-7-16-14(13)18-2/h3-4,7,11-12H,5-6,8-10,15H2,1-2H3. The average molecular weight is 249 g/mol. The van der Waals surface area contributed by atoms with E-state index in [4.69, 9.17) is 10.5 Å². The van der Waals surface area contributed by atoms with Crippen LogP contribution >= 0.6 is 0 Å². The molecule has 1 aromatic rings. The van der Waals surface area contributed by atoms with Crippen LogP contribution in [-0.4, -0.2) is 36.1 Å². The maximum Gasteiger partial charge on any atom is 0.217 e. The first-order chi connectivity index (χ1) is 8.74. The average Bonchev–Trinajstić information content (AvgIpc) is 2.42. The van der Waals surface area contributed by atoms with Crippen molar-refractivity contribution < 1.29 is 4.74 Å². The number of nitrogens with zero attached hydrogens (tertiary/aromatic N) is 2. The van der Waals surface area contributed by atoms with Crippen LogP contribution in [0.25, 0.3) is 0 Å². The minimum Gasteiger partial charge on any atom is -0.481 e. The molecule has 0 radical (unpaired) electrons. The lowest BCUT2D eigenvalue weighted by Gasteiger charge is -2.37. The Bertz CT molecular complexity index is 383. The number of hydrogen-bond donors (Lipinski definition) is 1. The number of pyridine rings is 1. The van der Waals surface area contributed by atoms with Gasteiger partial charge in [-0.25, -0.2) is 4.98 Å². The normalized spacial score (nSPS) is 25.1. The van der Waals surface area contributed by atoms with Gasteiger partial charge in [0.05, 0.1) is 7.11 Å². The summed E-state index contributed by atoms with van der Waals surface area (Å²) >= 11 is 0. The van der Waals surface area contributed by atoms with Gasteiger partial charge in [0, 0.05) is 30.9 Å². The van der Waals surface area contributed by atoms with Crippen molar-refractivity contribution in [2.75, 3.05) is 20.2 Å². The molecule has 2 heterocycles. The molecule has 1 fully saturated rings. The van der Waals surface area contributed by atoms with Crippen molar-refractivity contribution in [2.24, 2.45) is 11.7 Å².